The molecule has 34 heavy (non-hydrogen) atoms. The topological polar surface area (TPSA) is 63.7 Å². The van der Waals surface area contributed by atoms with Crippen LogP contribution in [0.2, 0.25) is 0 Å². The molecule has 1 fully saturated rings. The summed E-state index contributed by atoms with van der Waals surface area (Å²) in [7, 11) is -3.43. The lowest BCUT2D eigenvalue weighted by molar-refractivity contribution is 0.0993. The largest absolute Gasteiger partial charge is 0.593 e. The van der Waals surface area contributed by atoms with Crippen LogP contribution in [-0.2, 0) is 40.5 Å². The molecule has 0 aliphatic carbocycles. The third kappa shape index (κ3) is 5.05. The van der Waals surface area contributed by atoms with Gasteiger partial charge in [0.15, 0.2) is 21.1 Å². The van der Waals surface area contributed by atoms with E-state index >= 15 is 0 Å². The molecule has 0 saturated carbocycles. The van der Waals surface area contributed by atoms with Gasteiger partial charge < -0.3 is 4.55 Å². The van der Waals surface area contributed by atoms with Gasteiger partial charge in [0.1, 0.15) is 0 Å². The van der Waals surface area contributed by atoms with Crippen LogP contribution < -0.4 is 0 Å². The van der Waals surface area contributed by atoms with Crippen molar-refractivity contribution in [3.8, 4) is 0 Å². The van der Waals surface area contributed by atoms with Gasteiger partial charge in [-0.2, -0.15) is 0 Å². The molecule has 0 N–H and O–H groups in total. The fourth-order valence-electron chi connectivity index (χ4n) is 4.89. The molecule has 3 aromatic rings. The van der Waals surface area contributed by atoms with Gasteiger partial charge in [-0.3, -0.25) is 9.69 Å². The summed E-state index contributed by atoms with van der Waals surface area (Å²) in [4.78, 5) is 15.5. The molecule has 5 rings (SSSR count). The zero-order chi connectivity index (χ0) is 23.5. The lowest BCUT2D eigenvalue weighted by Crippen LogP contribution is -2.33. The minimum Gasteiger partial charge on any atom is -0.593 e. The Morgan fingerprint density at radius 1 is 0.824 bits per heavy atom. The number of hydrogen-bond acceptors (Lipinski definition) is 4. The van der Waals surface area contributed by atoms with Crippen LogP contribution in [0, 0.1) is 0 Å². The first-order chi connectivity index (χ1) is 16.5. The number of ketones is 1. The first-order valence-corrected chi connectivity index (χ1v) is 13.4. The number of carbonyl (C=O) groups is 1. The van der Waals surface area contributed by atoms with E-state index in [4.69, 9.17) is 0 Å². The highest BCUT2D eigenvalue weighted by Crippen LogP contribution is 2.26. The van der Waals surface area contributed by atoms with Crippen LogP contribution in [0.5, 0.6) is 0 Å². The summed E-state index contributed by atoms with van der Waals surface area (Å²) >= 11 is 0. The Morgan fingerprint density at radius 3 is 2.18 bits per heavy atom. The molecule has 0 radical (unpaired) electrons. The zero-order valence-electron chi connectivity index (χ0n) is 19.3. The third-order valence-electron chi connectivity index (χ3n) is 6.88. The molecule has 2 aliphatic rings. The molecule has 5 nitrogen and oxygen atoms in total. The number of benzene rings is 3. The smallest absolute Gasteiger partial charge is 0.175 e. The average Bonchev–Trinajstić information content (AvgIpc) is 3.41. The number of sulfonamides is 1. The van der Waals surface area contributed by atoms with E-state index in [1.165, 1.54) is 21.0 Å². The van der Waals surface area contributed by atoms with Crippen molar-refractivity contribution in [1.29, 1.82) is 0 Å². The summed E-state index contributed by atoms with van der Waals surface area (Å²) in [6.45, 7) is 4.05. The van der Waals surface area contributed by atoms with Crippen molar-refractivity contribution in [2.24, 2.45) is 0 Å². The van der Waals surface area contributed by atoms with Crippen molar-refractivity contribution >= 4 is 16.2 Å². The molecule has 3 aromatic carbocycles. The Kier molecular flexibility index (Phi) is 6.75. The third-order valence-corrected chi connectivity index (χ3v) is 8.80. The van der Waals surface area contributed by atoms with E-state index < -0.39 is 10.4 Å². The van der Waals surface area contributed by atoms with E-state index in [1.54, 1.807) is 24.3 Å². The first-order valence-electron chi connectivity index (χ1n) is 12.0. The Balaban J connectivity index is 1.18. The maximum atomic E-state index is 12.8. The Morgan fingerprint density at radius 2 is 1.47 bits per heavy atom. The van der Waals surface area contributed by atoms with Crippen molar-refractivity contribution in [3.63, 3.8) is 0 Å². The van der Waals surface area contributed by atoms with Gasteiger partial charge >= 0.3 is 0 Å². The minimum absolute atomic E-state index is 0.0357. The van der Waals surface area contributed by atoms with Gasteiger partial charge in [-0.15, -0.1) is 4.31 Å². The molecule has 2 aliphatic heterocycles. The van der Waals surface area contributed by atoms with Crippen LogP contribution >= 0.6 is 0 Å². The molecule has 2 heterocycles. The lowest BCUT2D eigenvalue weighted by atomic mass is 9.99. The molecular weight excluding hydrogens is 444 g/mol. The van der Waals surface area contributed by atoms with E-state index in [0.717, 1.165) is 44.5 Å². The highest BCUT2D eigenvalue weighted by atomic mass is 32.3. The van der Waals surface area contributed by atoms with Crippen molar-refractivity contribution in [3.05, 3.63) is 101 Å². The number of rotatable bonds is 7. The van der Waals surface area contributed by atoms with Crippen LogP contribution in [0.3, 0.4) is 0 Å². The summed E-state index contributed by atoms with van der Waals surface area (Å²) in [5.41, 5.74) is 5.55. The van der Waals surface area contributed by atoms with Crippen LogP contribution in [0.1, 0.15) is 45.5 Å². The number of nitrogens with zero attached hydrogens (tertiary/aromatic N) is 2. The fourth-order valence-corrected chi connectivity index (χ4v) is 6.40. The van der Waals surface area contributed by atoms with E-state index in [2.05, 4.69) is 29.2 Å². The number of fused-ring (bicyclic) bond motifs is 1. The van der Waals surface area contributed by atoms with Gasteiger partial charge in [0, 0.05) is 44.7 Å². The predicted octanol–water partition coefficient (Wildman–Crippen LogP) is 4.67. The molecule has 1 atom stereocenters. The van der Waals surface area contributed by atoms with Crippen LogP contribution in [-0.4, -0.2) is 39.2 Å². The molecular formula is C28H30N2O3S. The van der Waals surface area contributed by atoms with Crippen molar-refractivity contribution in [2.75, 3.05) is 19.6 Å². The number of carbonyl (C=O) groups excluding carboxylic acids is 1. The van der Waals surface area contributed by atoms with Crippen molar-refractivity contribution < 1.29 is 13.6 Å². The van der Waals surface area contributed by atoms with E-state index in [0.29, 0.717) is 23.5 Å². The summed E-state index contributed by atoms with van der Waals surface area (Å²) in [6, 6.07) is 23.3. The Hall–Kier alpha value is -2.64. The maximum Gasteiger partial charge on any atom is 0.175 e. The lowest BCUT2D eigenvalue weighted by Gasteiger charge is -2.28. The SMILES string of the molecule is O=C(Cc1ccc([S+](=O)([O-])N2CCCC2)cc1)c1ccc(CN2CCc3ccccc3C2)cc1. The molecule has 0 amide bonds. The van der Waals surface area contributed by atoms with Crippen LogP contribution in [0.15, 0.2) is 77.7 Å². The number of Topliss-reactive ketones (excluding diaryl/α,β-unsaturated/α-hetero) is 1. The molecule has 0 aromatic heterocycles. The first kappa shape index (κ1) is 23.1. The Labute approximate surface area is 202 Å². The van der Waals surface area contributed by atoms with Gasteiger partial charge in [0.25, 0.3) is 0 Å². The van der Waals surface area contributed by atoms with Gasteiger partial charge in [-0.1, -0.05) is 64.9 Å². The molecule has 176 valence electrons. The van der Waals surface area contributed by atoms with Crippen LogP contribution in [0.25, 0.3) is 0 Å². The second-order valence-corrected chi connectivity index (χ2v) is 11.2. The molecule has 1 saturated heterocycles. The second-order valence-electron chi connectivity index (χ2n) is 9.28. The average molecular weight is 475 g/mol. The van der Waals surface area contributed by atoms with E-state index in [-0.39, 0.29) is 12.2 Å². The highest BCUT2D eigenvalue weighted by Gasteiger charge is 2.32. The summed E-state index contributed by atoms with van der Waals surface area (Å²) < 4.78 is 26.9. The summed E-state index contributed by atoms with van der Waals surface area (Å²) in [5, 5.41) is 0. The molecule has 6 heteroatoms. The van der Waals surface area contributed by atoms with Crippen LogP contribution in [0.4, 0.5) is 0 Å². The minimum atomic E-state index is -3.43. The fraction of sp³-hybridized carbons (Fsp3) is 0.321. The van der Waals surface area contributed by atoms with Crippen molar-refractivity contribution in [2.45, 2.75) is 43.7 Å². The quantitative estimate of drug-likeness (QED) is 0.369. The summed E-state index contributed by atoms with van der Waals surface area (Å²) in [6.07, 6.45) is 3.16. The normalized spacial score (nSPS) is 18.4. The van der Waals surface area contributed by atoms with Crippen molar-refractivity contribution in [1.82, 2.24) is 9.21 Å². The van der Waals surface area contributed by atoms with Gasteiger partial charge in [-0.05, 0) is 53.6 Å². The molecule has 0 bridgehead atoms. The zero-order valence-corrected chi connectivity index (χ0v) is 20.1. The van der Waals surface area contributed by atoms with Gasteiger partial charge in [0.05, 0.1) is 0 Å². The van der Waals surface area contributed by atoms with Gasteiger partial charge in [0.2, 0.25) is 0 Å². The monoisotopic (exact) mass is 474 g/mol. The predicted molar refractivity (Wildman–Crippen MR) is 133 cm³/mol. The molecule has 1 unspecified atom stereocenters. The highest BCUT2D eigenvalue weighted by molar-refractivity contribution is 7.95. The Bertz CT molecular complexity index is 1200. The maximum absolute atomic E-state index is 12.8. The van der Waals surface area contributed by atoms with Gasteiger partial charge in [-0.25, -0.2) is 0 Å². The van der Waals surface area contributed by atoms with E-state index in [9.17, 15) is 13.6 Å². The summed E-state index contributed by atoms with van der Waals surface area (Å²) in [5.74, 6) is 0.0357. The standard InChI is InChI=1S/C28H30N2O3S/c31-28(19-22-9-13-27(14-10-22)34(32,33)30-16-3-4-17-30)25-11-7-23(8-12-25)20-29-18-15-24-5-1-2-6-26(24)21-29/h1-2,5-14H,3-4,15-21H2. The number of hydrogen-bond donors (Lipinski definition) is 0. The second kappa shape index (κ2) is 9.92. The molecule has 0 spiro atoms. The van der Waals surface area contributed by atoms with E-state index in [1.807, 2.05) is 24.3 Å².